The van der Waals surface area contributed by atoms with Crippen LogP contribution in [-0.4, -0.2) is 45.4 Å². The number of hydrogen-bond acceptors (Lipinski definition) is 5. The van der Waals surface area contributed by atoms with Crippen LogP contribution in [0.15, 0.2) is 0 Å². The molecule has 104 valence electrons. The summed E-state index contributed by atoms with van der Waals surface area (Å²) in [6.07, 6.45) is -0.952. The van der Waals surface area contributed by atoms with Crippen LogP contribution in [0.25, 0.3) is 0 Å². The van der Waals surface area contributed by atoms with Crippen molar-refractivity contribution in [3.05, 3.63) is 0 Å². The Bertz CT molecular complexity index is 337. The summed E-state index contributed by atoms with van der Waals surface area (Å²) in [7, 11) is 0. The molecule has 1 atom stereocenters. The summed E-state index contributed by atoms with van der Waals surface area (Å²) in [4.78, 5) is 35.1. The predicted octanol–water partition coefficient (Wildman–Crippen LogP) is 1.54. The average Bonchev–Trinajstić information content (AvgIpc) is 2.21. The maximum Gasteiger partial charge on any atom is 0.417 e. The smallest absolute Gasteiger partial charge is 0.417 e. The standard InChI is InChI=1S/C11H19NO5S/c1-5-8(13)12(7(6-18)9(14)15)10(16)17-11(2,3)4/h7,18H,5-6H2,1-4H3,(H,14,15)/t7-/m0/s1. The monoisotopic (exact) mass is 277 g/mol. The zero-order chi connectivity index (χ0) is 14.5. The number of carbonyl (C=O) groups is 3. The molecule has 0 unspecified atom stereocenters. The van der Waals surface area contributed by atoms with Crippen LogP contribution in [0.3, 0.4) is 0 Å². The summed E-state index contributed by atoms with van der Waals surface area (Å²) in [5.41, 5.74) is -0.803. The van der Waals surface area contributed by atoms with Crippen LogP contribution in [0.4, 0.5) is 4.79 Å². The van der Waals surface area contributed by atoms with Crippen LogP contribution in [-0.2, 0) is 14.3 Å². The predicted molar refractivity (Wildman–Crippen MR) is 68.6 cm³/mol. The average molecular weight is 277 g/mol. The third-order valence-corrected chi connectivity index (χ3v) is 2.28. The minimum Gasteiger partial charge on any atom is -0.480 e. The van der Waals surface area contributed by atoms with E-state index in [1.54, 1.807) is 20.8 Å². The first-order valence-corrected chi connectivity index (χ1v) is 6.16. The third kappa shape index (κ3) is 4.95. The number of imide groups is 1. The molecule has 0 fully saturated rings. The van der Waals surface area contributed by atoms with Crippen molar-refractivity contribution in [1.29, 1.82) is 0 Å². The largest absolute Gasteiger partial charge is 0.480 e. The van der Waals surface area contributed by atoms with Gasteiger partial charge in [0, 0.05) is 12.2 Å². The summed E-state index contributed by atoms with van der Waals surface area (Å²) in [5, 5.41) is 8.98. The molecule has 0 bridgehead atoms. The van der Waals surface area contributed by atoms with E-state index in [2.05, 4.69) is 12.6 Å². The molecular formula is C11H19NO5S. The number of thiol groups is 1. The summed E-state index contributed by atoms with van der Waals surface area (Å²) >= 11 is 3.85. The molecule has 0 aromatic rings. The first kappa shape index (κ1) is 16.8. The summed E-state index contributed by atoms with van der Waals surface area (Å²) in [6.45, 7) is 6.44. The van der Waals surface area contributed by atoms with Crippen LogP contribution in [0.1, 0.15) is 34.1 Å². The molecule has 0 aromatic heterocycles. The molecule has 0 rings (SSSR count). The van der Waals surface area contributed by atoms with Gasteiger partial charge in [0.05, 0.1) is 0 Å². The van der Waals surface area contributed by atoms with Gasteiger partial charge in [-0.15, -0.1) is 0 Å². The van der Waals surface area contributed by atoms with E-state index in [-0.39, 0.29) is 12.2 Å². The number of carbonyl (C=O) groups excluding carboxylic acids is 2. The fourth-order valence-electron chi connectivity index (χ4n) is 1.15. The van der Waals surface area contributed by atoms with Crippen molar-refractivity contribution < 1.29 is 24.2 Å². The number of amides is 2. The summed E-state index contributed by atoms with van der Waals surface area (Å²) in [6, 6.07) is -1.32. The van der Waals surface area contributed by atoms with Gasteiger partial charge in [0.25, 0.3) is 0 Å². The molecular weight excluding hydrogens is 258 g/mol. The van der Waals surface area contributed by atoms with Gasteiger partial charge in [-0.05, 0) is 20.8 Å². The Kier molecular flexibility index (Phi) is 6.17. The van der Waals surface area contributed by atoms with Crippen molar-refractivity contribution in [2.45, 2.75) is 45.8 Å². The molecule has 0 aromatic carbocycles. The number of hydrogen-bond donors (Lipinski definition) is 2. The van der Waals surface area contributed by atoms with E-state index < -0.39 is 29.6 Å². The molecule has 6 nitrogen and oxygen atoms in total. The van der Waals surface area contributed by atoms with Gasteiger partial charge in [0.15, 0.2) is 0 Å². The highest BCUT2D eigenvalue weighted by molar-refractivity contribution is 7.80. The second-order valence-electron chi connectivity index (χ2n) is 4.63. The van der Waals surface area contributed by atoms with Gasteiger partial charge >= 0.3 is 12.1 Å². The highest BCUT2D eigenvalue weighted by Crippen LogP contribution is 2.14. The number of carboxylic acids is 1. The highest BCUT2D eigenvalue weighted by Gasteiger charge is 2.35. The van der Waals surface area contributed by atoms with Crippen molar-refractivity contribution in [3.8, 4) is 0 Å². The summed E-state index contributed by atoms with van der Waals surface area (Å²) in [5.74, 6) is -2.07. The Balaban J connectivity index is 5.17. The Morgan fingerprint density at radius 2 is 1.83 bits per heavy atom. The van der Waals surface area contributed by atoms with Crippen LogP contribution < -0.4 is 0 Å². The second kappa shape index (κ2) is 6.63. The number of rotatable bonds is 4. The van der Waals surface area contributed by atoms with Crippen LogP contribution in [0.2, 0.25) is 0 Å². The fraction of sp³-hybridized carbons (Fsp3) is 0.727. The van der Waals surface area contributed by atoms with Gasteiger partial charge in [-0.1, -0.05) is 6.92 Å². The van der Waals surface area contributed by atoms with E-state index in [0.717, 1.165) is 0 Å². The molecule has 0 aliphatic heterocycles. The molecule has 2 amide bonds. The van der Waals surface area contributed by atoms with Gasteiger partial charge < -0.3 is 9.84 Å². The van der Waals surface area contributed by atoms with Gasteiger partial charge in [-0.3, -0.25) is 4.79 Å². The topological polar surface area (TPSA) is 83.9 Å². The van der Waals surface area contributed by atoms with Gasteiger partial charge in [-0.2, -0.15) is 12.6 Å². The minimum absolute atomic E-state index is 0.0107. The van der Waals surface area contributed by atoms with E-state index in [4.69, 9.17) is 9.84 Å². The molecule has 0 saturated carbocycles. The molecule has 0 spiro atoms. The summed E-state index contributed by atoms with van der Waals surface area (Å²) < 4.78 is 5.02. The lowest BCUT2D eigenvalue weighted by molar-refractivity contribution is -0.148. The SMILES string of the molecule is CCC(=O)N(C(=O)OC(C)(C)C)[C@@H](CS)C(=O)O. The van der Waals surface area contributed by atoms with E-state index in [9.17, 15) is 14.4 Å². The van der Waals surface area contributed by atoms with E-state index in [1.165, 1.54) is 6.92 Å². The number of ether oxygens (including phenoxy) is 1. The number of nitrogens with zero attached hydrogens (tertiary/aromatic N) is 1. The molecule has 0 radical (unpaired) electrons. The molecule has 0 aliphatic rings. The lowest BCUT2D eigenvalue weighted by Gasteiger charge is -2.29. The maximum atomic E-state index is 11.8. The molecule has 0 heterocycles. The Morgan fingerprint density at radius 3 is 2.11 bits per heavy atom. The highest BCUT2D eigenvalue weighted by atomic mass is 32.1. The Hall–Kier alpha value is -1.24. The van der Waals surface area contributed by atoms with Crippen molar-refractivity contribution in [2.24, 2.45) is 0 Å². The molecule has 7 heteroatoms. The normalized spacial score (nSPS) is 12.7. The van der Waals surface area contributed by atoms with Crippen LogP contribution >= 0.6 is 12.6 Å². The zero-order valence-corrected chi connectivity index (χ0v) is 11.9. The number of carboxylic acid groups (broad SMARTS) is 1. The molecule has 1 N–H and O–H groups in total. The lowest BCUT2D eigenvalue weighted by atomic mass is 10.2. The Morgan fingerprint density at radius 1 is 1.33 bits per heavy atom. The van der Waals surface area contributed by atoms with Gasteiger partial charge in [0.2, 0.25) is 5.91 Å². The molecule has 0 saturated heterocycles. The zero-order valence-electron chi connectivity index (χ0n) is 11.0. The van der Waals surface area contributed by atoms with Gasteiger partial charge in [-0.25, -0.2) is 14.5 Å². The second-order valence-corrected chi connectivity index (χ2v) is 5.00. The van der Waals surface area contributed by atoms with Crippen LogP contribution in [0, 0.1) is 0 Å². The van der Waals surface area contributed by atoms with Crippen molar-refractivity contribution in [3.63, 3.8) is 0 Å². The molecule has 18 heavy (non-hydrogen) atoms. The Labute approximate surface area is 112 Å². The van der Waals surface area contributed by atoms with E-state index >= 15 is 0 Å². The molecule has 0 aliphatic carbocycles. The first-order chi connectivity index (χ1) is 8.14. The lowest BCUT2D eigenvalue weighted by Crippen LogP contribution is -2.51. The van der Waals surface area contributed by atoms with Crippen LogP contribution in [0.5, 0.6) is 0 Å². The quantitative estimate of drug-likeness (QED) is 0.762. The van der Waals surface area contributed by atoms with Crippen molar-refractivity contribution in [1.82, 2.24) is 4.90 Å². The van der Waals surface area contributed by atoms with Gasteiger partial charge in [0.1, 0.15) is 11.6 Å². The number of aliphatic carboxylic acids is 1. The van der Waals surface area contributed by atoms with E-state index in [0.29, 0.717) is 4.90 Å². The third-order valence-electron chi connectivity index (χ3n) is 1.93. The van der Waals surface area contributed by atoms with Crippen molar-refractivity contribution in [2.75, 3.05) is 5.75 Å². The van der Waals surface area contributed by atoms with E-state index in [1.807, 2.05) is 0 Å². The minimum atomic E-state index is -1.32. The van der Waals surface area contributed by atoms with Crippen molar-refractivity contribution >= 4 is 30.6 Å². The fourth-order valence-corrected chi connectivity index (χ4v) is 1.47. The maximum absolute atomic E-state index is 11.8. The first-order valence-electron chi connectivity index (χ1n) is 5.52.